The number of carbonyl (C=O) groups excluding carboxylic acids is 1. The predicted octanol–water partition coefficient (Wildman–Crippen LogP) is 4.68. The van der Waals surface area contributed by atoms with Gasteiger partial charge in [0, 0.05) is 29.5 Å². The number of esters is 1. The molecule has 4 rings (SSSR count). The number of para-hydroxylation sites is 2. The van der Waals surface area contributed by atoms with Crippen molar-refractivity contribution in [2.24, 2.45) is 7.05 Å². The minimum Gasteiger partial charge on any atom is -0.493 e. The zero-order chi connectivity index (χ0) is 20.4. The Labute approximate surface area is 172 Å². The molecule has 2 aromatic heterocycles. The Morgan fingerprint density at radius 2 is 1.93 bits per heavy atom. The summed E-state index contributed by atoms with van der Waals surface area (Å²) in [5.41, 5.74) is 3.06. The summed E-state index contributed by atoms with van der Waals surface area (Å²) >= 11 is 1.46. The number of hydrogen-bond donors (Lipinski definition) is 0. The first kappa shape index (κ1) is 19.0. The second-order valence-corrected chi connectivity index (χ2v) is 7.29. The fourth-order valence-electron chi connectivity index (χ4n) is 3.27. The number of methoxy groups -OCH3 is 2. The SMILES string of the molecule is COc1cccc(-c2nc(COC(=O)c3cn(C)c4ccccc34)cs2)c1OC. The summed E-state index contributed by atoms with van der Waals surface area (Å²) in [6, 6.07) is 13.4. The van der Waals surface area contributed by atoms with Gasteiger partial charge in [0.25, 0.3) is 0 Å². The van der Waals surface area contributed by atoms with E-state index in [1.807, 2.05) is 59.5 Å². The number of carbonyl (C=O) groups is 1. The molecular weight excluding hydrogens is 388 g/mol. The molecule has 148 valence electrons. The molecule has 4 aromatic rings. The Balaban J connectivity index is 1.52. The topological polar surface area (TPSA) is 62.6 Å². The van der Waals surface area contributed by atoms with Crippen molar-refractivity contribution in [3.63, 3.8) is 0 Å². The Morgan fingerprint density at radius 1 is 1.10 bits per heavy atom. The van der Waals surface area contributed by atoms with E-state index in [2.05, 4.69) is 4.98 Å². The maximum Gasteiger partial charge on any atom is 0.340 e. The highest BCUT2D eigenvalue weighted by Crippen LogP contribution is 2.39. The highest BCUT2D eigenvalue weighted by atomic mass is 32.1. The first-order valence-corrected chi connectivity index (χ1v) is 9.87. The van der Waals surface area contributed by atoms with Crippen LogP contribution in [0.4, 0.5) is 0 Å². The van der Waals surface area contributed by atoms with E-state index in [0.29, 0.717) is 22.8 Å². The number of nitrogens with zero attached hydrogens (tertiary/aromatic N) is 2. The van der Waals surface area contributed by atoms with Gasteiger partial charge in [0.2, 0.25) is 0 Å². The van der Waals surface area contributed by atoms with Crippen molar-refractivity contribution in [1.29, 1.82) is 0 Å². The first-order chi connectivity index (χ1) is 14.1. The van der Waals surface area contributed by atoms with Crippen molar-refractivity contribution in [1.82, 2.24) is 9.55 Å². The number of ether oxygens (including phenoxy) is 3. The standard InChI is InChI=1S/C22H20N2O4S/c1-24-11-17(15-7-4-5-9-18(15)24)22(25)28-12-14-13-29-21(23-14)16-8-6-10-19(26-2)20(16)27-3/h4-11,13H,12H2,1-3H3. The molecule has 0 atom stereocenters. The van der Waals surface area contributed by atoms with E-state index in [0.717, 1.165) is 21.5 Å². The van der Waals surface area contributed by atoms with Crippen LogP contribution in [-0.2, 0) is 18.4 Å². The van der Waals surface area contributed by atoms with Crippen LogP contribution in [0.15, 0.2) is 54.0 Å². The molecule has 0 saturated carbocycles. The summed E-state index contributed by atoms with van der Waals surface area (Å²) in [4.78, 5) is 17.2. The van der Waals surface area contributed by atoms with E-state index >= 15 is 0 Å². The molecule has 2 heterocycles. The fraction of sp³-hybridized carbons (Fsp3) is 0.182. The van der Waals surface area contributed by atoms with Gasteiger partial charge in [-0.1, -0.05) is 24.3 Å². The summed E-state index contributed by atoms with van der Waals surface area (Å²) in [6.45, 7) is 0.102. The maximum atomic E-state index is 12.6. The van der Waals surface area contributed by atoms with E-state index in [1.54, 1.807) is 20.4 Å². The zero-order valence-corrected chi connectivity index (χ0v) is 17.2. The second kappa shape index (κ2) is 7.97. The molecule has 0 saturated heterocycles. The van der Waals surface area contributed by atoms with Crippen LogP contribution in [0.1, 0.15) is 16.1 Å². The fourth-order valence-corrected chi connectivity index (χ4v) is 4.10. The van der Waals surface area contributed by atoms with Crippen LogP contribution in [0, 0.1) is 0 Å². The molecule has 6 nitrogen and oxygen atoms in total. The normalized spacial score (nSPS) is 10.9. The largest absolute Gasteiger partial charge is 0.493 e. The lowest BCUT2D eigenvalue weighted by atomic mass is 10.2. The van der Waals surface area contributed by atoms with Crippen LogP contribution in [0.2, 0.25) is 0 Å². The van der Waals surface area contributed by atoms with Gasteiger partial charge < -0.3 is 18.8 Å². The van der Waals surface area contributed by atoms with Gasteiger partial charge in [0.15, 0.2) is 11.5 Å². The van der Waals surface area contributed by atoms with Crippen molar-refractivity contribution >= 4 is 28.2 Å². The predicted molar refractivity (Wildman–Crippen MR) is 113 cm³/mol. The third-order valence-electron chi connectivity index (χ3n) is 4.65. The maximum absolute atomic E-state index is 12.6. The summed E-state index contributed by atoms with van der Waals surface area (Å²) in [5, 5.41) is 3.53. The van der Waals surface area contributed by atoms with Gasteiger partial charge in [-0.15, -0.1) is 11.3 Å². The average Bonchev–Trinajstić information content (AvgIpc) is 3.36. The highest BCUT2D eigenvalue weighted by Gasteiger charge is 2.17. The number of aromatic nitrogens is 2. The van der Waals surface area contributed by atoms with Crippen LogP contribution in [-0.4, -0.2) is 29.7 Å². The zero-order valence-electron chi connectivity index (χ0n) is 16.3. The molecule has 7 heteroatoms. The van der Waals surface area contributed by atoms with E-state index in [4.69, 9.17) is 14.2 Å². The summed E-state index contributed by atoms with van der Waals surface area (Å²) < 4.78 is 18.3. The molecule has 0 aliphatic rings. The third-order valence-corrected chi connectivity index (χ3v) is 5.58. The molecule has 0 spiro atoms. The smallest absolute Gasteiger partial charge is 0.340 e. The van der Waals surface area contributed by atoms with Crippen LogP contribution in [0.5, 0.6) is 11.5 Å². The Hall–Kier alpha value is -3.32. The summed E-state index contributed by atoms with van der Waals surface area (Å²) in [7, 11) is 5.11. The van der Waals surface area contributed by atoms with Crippen molar-refractivity contribution < 1.29 is 19.0 Å². The van der Waals surface area contributed by atoms with Gasteiger partial charge in [-0.25, -0.2) is 9.78 Å². The van der Waals surface area contributed by atoms with Gasteiger partial charge in [0.1, 0.15) is 11.6 Å². The second-order valence-electron chi connectivity index (χ2n) is 6.43. The molecule has 0 bridgehead atoms. The molecular formula is C22H20N2O4S. The minimum absolute atomic E-state index is 0.102. The summed E-state index contributed by atoms with van der Waals surface area (Å²) in [5.74, 6) is 0.906. The Morgan fingerprint density at radius 3 is 2.72 bits per heavy atom. The van der Waals surface area contributed by atoms with Crippen molar-refractivity contribution in [3.05, 3.63) is 65.3 Å². The highest BCUT2D eigenvalue weighted by molar-refractivity contribution is 7.13. The Kier molecular flexibility index (Phi) is 5.22. The molecule has 0 N–H and O–H groups in total. The number of aryl methyl sites for hydroxylation is 1. The van der Waals surface area contributed by atoms with Gasteiger partial charge in [-0.3, -0.25) is 0 Å². The third kappa shape index (κ3) is 3.56. The van der Waals surface area contributed by atoms with Gasteiger partial charge in [-0.2, -0.15) is 0 Å². The first-order valence-electron chi connectivity index (χ1n) is 8.99. The van der Waals surface area contributed by atoms with Crippen molar-refractivity contribution in [2.75, 3.05) is 14.2 Å². The lowest BCUT2D eigenvalue weighted by Gasteiger charge is -2.10. The van der Waals surface area contributed by atoms with E-state index in [9.17, 15) is 4.79 Å². The molecule has 0 unspecified atom stereocenters. The monoisotopic (exact) mass is 408 g/mol. The molecule has 0 aliphatic heterocycles. The number of benzene rings is 2. The number of fused-ring (bicyclic) bond motifs is 1. The van der Waals surface area contributed by atoms with Gasteiger partial charge in [-0.05, 0) is 18.2 Å². The quantitative estimate of drug-likeness (QED) is 0.434. The van der Waals surface area contributed by atoms with E-state index in [1.165, 1.54) is 11.3 Å². The lowest BCUT2D eigenvalue weighted by molar-refractivity contribution is 0.0470. The average molecular weight is 408 g/mol. The van der Waals surface area contributed by atoms with Crippen LogP contribution in [0.25, 0.3) is 21.5 Å². The van der Waals surface area contributed by atoms with Crippen molar-refractivity contribution in [3.8, 4) is 22.1 Å². The Bertz CT molecular complexity index is 1180. The van der Waals surface area contributed by atoms with Crippen LogP contribution < -0.4 is 9.47 Å². The van der Waals surface area contributed by atoms with Gasteiger partial charge in [0.05, 0.1) is 31.0 Å². The molecule has 2 aromatic carbocycles. The summed E-state index contributed by atoms with van der Waals surface area (Å²) in [6.07, 6.45) is 1.79. The molecule has 0 radical (unpaired) electrons. The molecule has 0 amide bonds. The molecule has 0 fully saturated rings. The number of hydrogen-bond acceptors (Lipinski definition) is 6. The van der Waals surface area contributed by atoms with E-state index in [-0.39, 0.29) is 12.6 Å². The number of rotatable bonds is 6. The molecule has 0 aliphatic carbocycles. The van der Waals surface area contributed by atoms with Crippen molar-refractivity contribution in [2.45, 2.75) is 6.61 Å². The lowest BCUT2D eigenvalue weighted by Crippen LogP contribution is -2.05. The van der Waals surface area contributed by atoms with Crippen LogP contribution >= 0.6 is 11.3 Å². The van der Waals surface area contributed by atoms with E-state index < -0.39 is 0 Å². The number of thiazole rings is 1. The minimum atomic E-state index is -0.365. The molecule has 29 heavy (non-hydrogen) atoms. The van der Waals surface area contributed by atoms with Gasteiger partial charge >= 0.3 is 5.97 Å². The van der Waals surface area contributed by atoms with Crippen LogP contribution in [0.3, 0.4) is 0 Å².